The average molecular weight is 255 g/mol. The molecule has 1 aromatic carbocycles. The summed E-state index contributed by atoms with van der Waals surface area (Å²) in [5.41, 5.74) is 2.27. The molecular formula is C14H15N4O. The Kier molecular flexibility index (Phi) is 3.03. The smallest absolute Gasteiger partial charge is 0.271 e. The summed E-state index contributed by atoms with van der Waals surface area (Å²) in [6.45, 7) is 0. The van der Waals surface area contributed by atoms with Crippen LogP contribution in [0.1, 0.15) is 37.1 Å². The van der Waals surface area contributed by atoms with Crippen LogP contribution in [0.4, 0.5) is 0 Å². The minimum absolute atomic E-state index is 0.197. The first kappa shape index (κ1) is 11.9. The first-order valence-electron chi connectivity index (χ1n) is 6.49. The Balaban J connectivity index is 1.83. The van der Waals surface area contributed by atoms with Gasteiger partial charge in [0.15, 0.2) is 5.82 Å². The second-order valence-electron chi connectivity index (χ2n) is 4.92. The number of aromatic nitrogens is 2. The van der Waals surface area contributed by atoms with Gasteiger partial charge in [0, 0.05) is 11.6 Å². The van der Waals surface area contributed by atoms with Crippen LogP contribution < -0.4 is 5.32 Å². The molecular weight excluding hydrogens is 240 g/mol. The Morgan fingerprint density at radius 3 is 2.95 bits per heavy atom. The van der Waals surface area contributed by atoms with Crippen LogP contribution in [0.5, 0.6) is 0 Å². The van der Waals surface area contributed by atoms with E-state index in [2.05, 4.69) is 15.3 Å². The van der Waals surface area contributed by atoms with Crippen LogP contribution in [-0.2, 0) is 4.79 Å². The number of rotatable bonds is 3. The van der Waals surface area contributed by atoms with Gasteiger partial charge in [-0.15, -0.1) is 0 Å². The Morgan fingerprint density at radius 2 is 2.21 bits per heavy atom. The van der Waals surface area contributed by atoms with Crippen molar-refractivity contribution in [2.24, 2.45) is 0 Å². The summed E-state index contributed by atoms with van der Waals surface area (Å²) < 4.78 is 0. The van der Waals surface area contributed by atoms with E-state index in [1.54, 1.807) is 6.29 Å². The number of hydrogen-bond acceptors (Lipinski definition) is 3. The Hall–Kier alpha value is -2.17. The first-order valence-corrected chi connectivity index (χ1v) is 6.49. The van der Waals surface area contributed by atoms with Gasteiger partial charge in [-0.25, -0.2) is 4.98 Å². The first-order chi connectivity index (χ1) is 9.26. The van der Waals surface area contributed by atoms with E-state index in [9.17, 15) is 4.79 Å². The fraction of sp³-hybridized carbons (Fsp3) is 0.357. The second-order valence-corrected chi connectivity index (χ2v) is 4.92. The van der Waals surface area contributed by atoms with Crippen molar-refractivity contribution in [3.63, 3.8) is 0 Å². The maximum absolute atomic E-state index is 10.6. The lowest BCUT2D eigenvalue weighted by Gasteiger charge is -2.14. The highest BCUT2D eigenvalue weighted by Gasteiger charge is 2.16. The van der Waals surface area contributed by atoms with Crippen LogP contribution in [0.25, 0.3) is 11.0 Å². The third kappa shape index (κ3) is 2.36. The minimum atomic E-state index is 0.197. The number of imidazole rings is 1. The highest BCUT2D eigenvalue weighted by Crippen LogP contribution is 2.19. The molecule has 0 saturated heterocycles. The van der Waals surface area contributed by atoms with Gasteiger partial charge in [-0.3, -0.25) is 10.2 Å². The number of benzene rings is 1. The lowest BCUT2D eigenvalue weighted by Crippen LogP contribution is -2.32. The highest BCUT2D eigenvalue weighted by molar-refractivity contribution is 5.99. The van der Waals surface area contributed by atoms with Crippen LogP contribution in [-0.4, -0.2) is 28.1 Å². The quantitative estimate of drug-likeness (QED) is 0.578. The third-order valence-electron chi connectivity index (χ3n) is 3.57. The summed E-state index contributed by atoms with van der Waals surface area (Å²) in [5.74, 6) is 0.621. The highest BCUT2D eigenvalue weighted by atomic mass is 16.1. The van der Waals surface area contributed by atoms with Gasteiger partial charge in [0.25, 0.3) is 6.29 Å². The summed E-state index contributed by atoms with van der Waals surface area (Å²) in [7, 11) is 0. The molecule has 0 amide bonds. The molecule has 0 bridgehead atoms. The molecule has 1 heterocycles. The van der Waals surface area contributed by atoms with Crippen LogP contribution in [0.3, 0.4) is 0 Å². The molecule has 1 saturated carbocycles. The van der Waals surface area contributed by atoms with Crippen molar-refractivity contribution < 1.29 is 4.79 Å². The Labute approximate surface area is 110 Å². The second kappa shape index (κ2) is 4.84. The van der Waals surface area contributed by atoms with Crippen molar-refractivity contribution in [3.05, 3.63) is 29.6 Å². The predicted octanol–water partition coefficient (Wildman–Crippen LogP) is 1.88. The molecule has 5 heteroatoms. The number of carbonyl (C=O) groups excluding carboxylic acids is 1. The van der Waals surface area contributed by atoms with Crippen LogP contribution in [0, 0.1) is 5.41 Å². The molecule has 1 radical (unpaired) electrons. The number of nitrogens with zero attached hydrogens (tertiary/aromatic N) is 1. The molecule has 19 heavy (non-hydrogen) atoms. The summed E-state index contributed by atoms with van der Waals surface area (Å²) in [6.07, 6.45) is 6.49. The molecule has 3 N–H and O–H groups in total. The summed E-state index contributed by atoms with van der Waals surface area (Å²) in [4.78, 5) is 17.5. The van der Waals surface area contributed by atoms with Gasteiger partial charge >= 0.3 is 0 Å². The predicted molar refractivity (Wildman–Crippen MR) is 73.1 cm³/mol. The molecule has 0 aliphatic heterocycles. The zero-order chi connectivity index (χ0) is 13.2. The number of nitrogens with one attached hydrogen (secondary N) is 3. The van der Waals surface area contributed by atoms with Gasteiger partial charge in [0.1, 0.15) is 5.84 Å². The standard InChI is InChI=1S/C14H15N4O/c15-14(16-10-3-1-2-4-10)9-5-6-11-12(7-9)18-13(8-19)17-11/h5-7,10H,1-4H2,(H2,15,16)(H,17,18). The van der Waals surface area contributed by atoms with E-state index in [0.717, 1.165) is 23.9 Å². The van der Waals surface area contributed by atoms with E-state index in [0.29, 0.717) is 17.4 Å². The summed E-state index contributed by atoms with van der Waals surface area (Å²) in [5, 5.41) is 11.3. The molecule has 97 valence electrons. The average Bonchev–Trinajstić information content (AvgIpc) is 3.05. The normalized spacial score (nSPS) is 15.8. The number of aromatic amines is 1. The van der Waals surface area contributed by atoms with Crippen molar-refractivity contribution in [1.29, 1.82) is 5.41 Å². The Morgan fingerprint density at radius 1 is 1.42 bits per heavy atom. The van der Waals surface area contributed by atoms with E-state index < -0.39 is 0 Å². The van der Waals surface area contributed by atoms with Crippen LogP contribution >= 0.6 is 0 Å². The van der Waals surface area contributed by atoms with Gasteiger partial charge in [0.05, 0.1) is 11.0 Å². The SMILES string of the molecule is N=C(NC1CCCC1)c1ccc2[nH]c([C]=O)nc2c1. The lowest BCUT2D eigenvalue weighted by molar-refractivity contribution is 0.560. The number of amidine groups is 1. The summed E-state index contributed by atoms with van der Waals surface area (Å²) in [6, 6.07) is 5.93. The lowest BCUT2D eigenvalue weighted by atomic mass is 10.1. The number of hydrogen-bond donors (Lipinski definition) is 3. The molecule has 5 nitrogen and oxygen atoms in total. The fourth-order valence-corrected chi connectivity index (χ4v) is 2.57. The van der Waals surface area contributed by atoms with Gasteiger partial charge in [0.2, 0.25) is 0 Å². The molecule has 0 atom stereocenters. The van der Waals surface area contributed by atoms with E-state index >= 15 is 0 Å². The Bertz CT molecular complexity index is 625. The number of H-pyrrole nitrogens is 1. The topological polar surface area (TPSA) is 81.6 Å². The fourth-order valence-electron chi connectivity index (χ4n) is 2.57. The molecule has 3 rings (SSSR count). The number of fused-ring (bicyclic) bond motifs is 1. The molecule has 1 aromatic heterocycles. The summed E-state index contributed by atoms with van der Waals surface area (Å²) >= 11 is 0. The van der Waals surface area contributed by atoms with Crippen molar-refractivity contribution in [1.82, 2.24) is 15.3 Å². The minimum Gasteiger partial charge on any atom is -0.367 e. The van der Waals surface area contributed by atoms with E-state index in [1.807, 2.05) is 18.2 Å². The van der Waals surface area contributed by atoms with E-state index in [1.165, 1.54) is 12.8 Å². The van der Waals surface area contributed by atoms with Crippen LogP contribution in [0.15, 0.2) is 18.2 Å². The molecule has 0 unspecified atom stereocenters. The molecule has 1 fully saturated rings. The third-order valence-corrected chi connectivity index (χ3v) is 3.57. The van der Waals surface area contributed by atoms with Gasteiger partial charge in [-0.1, -0.05) is 12.8 Å². The maximum Gasteiger partial charge on any atom is 0.271 e. The van der Waals surface area contributed by atoms with Crippen LogP contribution in [0.2, 0.25) is 0 Å². The largest absolute Gasteiger partial charge is 0.367 e. The van der Waals surface area contributed by atoms with Gasteiger partial charge < -0.3 is 10.3 Å². The molecule has 1 aliphatic carbocycles. The zero-order valence-corrected chi connectivity index (χ0v) is 10.5. The zero-order valence-electron chi connectivity index (χ0n) is 10.5. The van der Waals surface area contributed by atoms with Crippen molar-refractivity contribution in [2.75, 3.05) is 0 Å². The van der Waals surface area contributed by atoms with E-state index in [4.69, 9.17) is 5.41 Å². The molecule has 0 spiro atoms. The molecule has 2 aromatic rings. The van der Waals surface area contributed by atoms with Gasteiger partial charge in [-0.05, 0) is 31.0 Å². The van der Waals surface area contributed by atoms with Crippen molar-refractivity contribution in [2.45, 2.75) is 31.7 Å². The van der Waals surface area contributed by atoms with E-state index in [-0.39, 0.29) is 5.82 Å². The van der Waals surface area contributed by atoms with Crippen molar-refractivity contribution >= 4 is 23.2 Å². The monoisotopic (exact) mass is 255 g/mol. The molecule has 1 aliphatic rings. The van der Waals surface area contributed by atoms with Gasteiger partial charge in [-0.2, -0.15) is 0 Å². The maximum atomic E-state index is 10.6. The van der Waals surface area contributed by atoms with Crippen molar-refractivity contribution in [3.8, 4) is 0 Å².